The Balaban J connectivity index is 1.78. The zero-order valence-corrected chi connectivity index (χ0v) is 13.8. The SMILES string of the molecule is CCn1cc(CNC(=O)c2nn3cccnc3c2Br)c(C)n1. The maximum absolute atomic E-state index is 12.3. The van der Waals surface area contributed by atoms with Crippen LogP contribution in [0.15, 0.2) is 29.1 Å². The minimum atomic E-state index is -0.249. The summed E-state index contributed by atoms with van der Waals surface area (Å²) in [5, 5.41) is 11.5. The van der Waals surface area contributed by atoms with Crippen LogP contribution in [0, 0.1) is 6.92 Å². The van der Waals surface area contributed by atoms with Crippen LogP contribution in [0.3, 0.4) is 0 Å². The number of hydrogen-bond donors (Lipinski definition) is 1. The number of carbonyl (C=O) groups is 1. The summed E-state index contributed by atoms with van der Waals surface area (Å²) in [7, 11) is 0. The second-order valence-corrected chi connectivity index (χ2v) is 5.62. The van der Waals surface area contributed by atoms with E-state index in [1.54, 1.807) is 23.0 Å². The molecule has 3 rings (SSSR count). The molecule has 0 saturated heterocycles. The van der Waals surface area contributed by atoms with Crippen molar-refractivity contribution in [3.63, 3.8) is 0 Å². The summed E-state index contributed by atoms with van der Waals surface area (Å²) in [5.41, 5.74) is 2.84. The molecule has 22 heavy (non-hydrogen) atoms. The van der Waals surface area contributed by atoms with Crippen molar-refractivity contribution in [3.8, 4) is 0 Å². The van der Waals surface area contributed by atoms with E-state index in [0.29, 0.717) is 22.4 Å². The van der Waals surface area contributed by atoms with E-state index in [9.17, 15) is 4.79 Å². The van der Waals surface area contributed by atoms with E-state index in [-0.39, 0.29) is 5.91 Å². The Morgan fingerprint density at radius 2 is 2.23 bits per heavy atom. The lowest BCUT2D eigenvalue weighted by Gasteiger charge is -2.02. The third-order valence-electron chi connectivity index (χ3n) is 3.37. The van der Waals surface area contributed by atoms with Gasteiger partial charge in [0.25, 0.3) is 5.91 Å². The third kappa shape index (κ3) is 2.61. The van der Waals surface area contributed by atoms with Gasteiger partial charge in [0.05, 0.1) is 10.2 Å². The number of halogens is 1. The van der Waals surface area contributed by atoms with Gasteiger partial charge in [0.15, 0.2) is 11.3 Å². The molecule has 114 valence electrons. The van der Waals surface area contributed by atoms with Crippen LogP contribution in [-0.4, -0.2) is 30.3 Å². The molecule has 0 atom stereocenters. The van der Waals surface area contributed by atoms with Crippen molar-refractivity contribution >= 4 is 27.5 Å². The van der Waals surface area contributed by atoms with Crippen LogP contribution >= 0.6 is 15.9 Å². The van der Waals surface area contributed by atoms with Gasteiger partial charge in [-0.25, -0.2) is 9.50 Å². The maximum atomic E-state index is 12.3. The Bertz CT molecular complexity index is 837. The Morgan fingerprint density at radius 1 is 1.41 bits per heavy atom. The second kappa shape index (κ2) is 5.88. The van der Waals surface area contributed by atoms with Crippen molar-refractivity contribution < 1.29 is 4.79 Å². The molecule has 0 aliphatic carbocycles. The van der Waals surface area contributed by atoms with Gasteiger partial charge in [0.1, 0.15) is 0 Å². The molecule has 0 spiro atoms. The average Bonchev–Trinajstić information content (AvgIpc) is 3.06. The third-order valence-corrected chi connectivity index (χ3v) is 4.10. The highest BCUT2D eigenvalue weighted by atomic mass is 79.9. The number of aromatic nitrogens is 5. The standard InChI is InChI=1S/C14H15BrN6O/c1-3-20-8-10(9(2)18-20)7-17-14(22)12-11(15)13-16-5-4-6-21(13)19-12/h4-6,8H,3,7H2,1-2H3,(H,17,22). The first-order valence-electron chi connectivity index (χ1n) is 6.90. The first-order chi connectivity index (χ1) is 10.6. The molecule has 0 radical (unpaired) electrons. The molecule has 3 heterocycles. The van der Waals surface area contributed by atoms with E-state index in [0.717, 1.165) is 17.8 Å². The summed E-state index contributed by atoms with van der Waals surface area (Å²) in [4.78, 5) is 16.5. The molecule has 0 unspecified atom stereocenters. The van der Waals surface area contributed by atoms with Crippen LogP contribution in [0.1, 0.15) is 28.7 Å². The van der Waals surface area contributed by atoms with E-state index in [1.165, 1.54) is 0 Å². The first kappa shape index (κ1) is 14.7. The molecule has 3 aromatic rings. The lowest BCUT2D eigenvalue weighted by atomic mass is 10.2. The van der Waals surface area contributed by atoms with Gasteiger partial charge in [-0.05, 0) is 35.8 Å². The van der Waals surface area contributed by atoms with Crippen molar-refractivity contribution in [2.24, 2.45) is 0 Å². The maximum Gasteiger partial charge on any atom is 0.273 e. The summed E-state index contributed by atoms with van der Waals surface area (Å²) in [6.07, 6.45) is 5.35. The van der Waals surface area contributed by atoms with Gasteiger partial charge in [0, 0.05) is 37.2 Å². The van der Waals surface area contributed by atoms with E-state index in [1.807, 2.05) is 24.7 Å². The van der Waals surface area contributed by atoms with E-state index < -0.39 is 0 Å². The zero-order chi connectivity index (χ0) is 15.7. The van der Waals surface area contributed by atoms with Crippen LogP contribution in [0.4, 0.5) is 0 Å². The summed E-state index contributed by atoms with van der Waals surface area (Å²) in [6.45, 7) is 5.17. The molecule has 7 nitrogen and oxygen atoms in total. The van der Waals surface area contributed by atoms with Crippen molar-refractivity contribution in [3.05, 3.63) is 46.1 Å². The van der Waals surface area contributed by atoms with E-state index >= 15 is 0 Å². The van der Waals surface area contributed by atoms with Crippen LogP contribution in [0.25, 0.3) is 5.65 Å². The Morgan fingerprint density at radius 3 is 2.91 bits per heavy atom. The molecule has 0 aliphatic heterocycles. The number of aryl methyl sites for hydroxylation is 2. The minimum Gasteiger partial charge on any atom is -0.346 e. The Kier molecular flexibility index (Phi) is 3.93. The van der Waals surface area contributed by atoms with E-state index in [2.05, 4.69) is 36.4 Å². The van der Waals surface area contributed by atoms with Gasteiger partial charge in [-0.15, -0.1) is 0 Å². The lowest BCUT2D eigenvalue weighted by molar-refractivity contribution is 0.0945. The van der Waals surface area contributed by atoms with Crippen molar-refractivity contribution in [2.75, 3.05) is 0 Å². The number of rotatable bonds is 4. The van der Waals surface area contributed by atoms with Crippen molar-refractivity contribution in [1.82, 2.24) is 29.7 Å². The molecule has 3 aromatic heterocycles. The Labute approximate surface area is 135 Å². The average molecular weight is 363 g/mol. The molecule has 0 fully saturated rings. The number of carbonyl (C=O) groups excluding carboxylic acids is 1. The fourth-order valence-corrected chi connectivity index (χ4v) is 2.70. The van der Waals surface area contributed by atoms with Crippen LogP contribution in [0.2, 0.25) is 0 Å². The normalized spacial score (nSPS) is 11.0. The number of fused-ring (bicyclic) bond motifs is 1. The summed E-state index contributed by atoms with van der Waals surface area (Å²) in [5.74, 6) is -0.249. The van der Waals surface area contributed by atoms with Gasteiger partial charge in [-0.1, -0.05) is 0 Å². The lowest BCUT2D eigenvalue weighted by Crippen LogP contribution is -2.23. The molecule has 0 aromatic carbocycles. The van der Waals surface area contributed by atoms with Crippen LogP contribution in [-0.2, 0) is 13.1 Å². The van der Waals surface area contributed by atoms with Gasteiger partial charge in [-0.2, -0.15) is 10.2 Å². The topological polar surface area (TPSA) is 77.1 Å². The van der Waals surface area contributed by atoms with Crippen LogP contribution in [0.5, 0.6) is 0 Å². The molecule has 1 amide bonds. The fourth-order valence-electron chi connectivity index (χ4n) is 2.16. The van der Waals surface area contributed by atoms with Gasteiger partial charge in [0.2, 0.25) is 0 Å². The largest absolute Gasteiger partial charge is 0.346 e. The van der Waals surface area contributed by atoms with Crippen LogP contribution < -0.4 is 5.32 Å². The summed E-state index contributed by atoms with van der Waals surface area (Å²) < 4.78 is 4.01. The van der Waals surface area contributed by atoms with Crippen molar-refractivity contribution in [1.29, 1.82) is 0 Å². The number of amides is 1. The zero-order valence-electron chi connectivity index (χ0n) is 12.2. The highest BCUT2D eigenvalue weighted by molar-refractivity contribution is 9.10. The quantitative estimate of drug-likeness (QED) is 0.769. The fraction of sp³-hybridized carbons (Fsp3) is 0.286. The predicted octanol–water partition coefficient (Wildman–Crippen LogP) is 1.95. The minimum absolute atomic E-state index is 0.249. The highest BCUT2D eigenvalue weighted by Gasteiger charge is 2.18. The Hall–Kier alpha value is -2.22. The van der Waals surface area contributed by atoms with E-state index in [4.69, 9.17) is 0 Å². The van der Waals surface area contributed by atoms with Gasteiger partial charge >= 0.3 is 0 Å². The molecule has 1 N–H and O–H groups in total. The predicted molar refractivity (Wildman–Crippen MR) is 84.5 cm³/mol. The molecular formula is C14H15BrN6O. The van der Waals surface area contributed by atoms with Gasteiger partial charge < -0.3 is 5.32 Å². The van der Waals surface area contributed by atoms with Gasteiger partial charge in [-0.3, -0.25) is 9.48 Å². The second-order valence-electron chi connectivity index (χ2n) is 4.83. The highest BCUT2D eigenvalue weighted by Crippen LogP contribution is 2.20. The summed E-state index contributed by atoms with van der Waals surface area (Å²) >= 11 is 3.39. The number of hydrogen-bond acceptors (Lipinski definition) is 4. The monoisotopic (exact) mass is 362 g/mol. The summed E-state index contributed by atoms with van der Waals surface area (Å²) in [6, 6.07) is 1.76. The number of nitrogens with zero attached hydrogens (tertiary/aromatic N) is 5. The number of nitrogens with one attached hydrogen (secondary N) is 1. The molecular weight excluding hydrogens is 348 g/mol. The molecule has 0 bridgehead atoms. The first-order valence-corrected chi connectivity index (χ1v) is 7.69. The smallest absolute Gasteiger partial charge is 0.273 e. The molecule has 0 saturated carbocycles. The van der Waals surface area contributed by atoms with Crippen molar-refractivity contribution in [2.45, 2.75) is 26.9 Å². The molecule has 0 aliphatic rings. The molecule has 8 heteroatoms.